The predicted molar refractivity (Wildman–Crippen MR) is 92.6 cm³/mol. The molecule has 1 aliphatic rings. The first-order valence-electron chi connectivity index (χ1n) is 8.32. The van der Waals surface area contributed by atoms with Gasteiger partial charge in [0.25, 0.3) is 0 Å². The van der Waals surface area contributed by atoms with Crippen molar-refractivity contribution < 1.29 is 4.79 Å². The lowest BCUT2D eigenvalue weighted by Gasteiger charge is -2.37. The molecule has 22 heavy (non-hydrogen) atoms. The Kier molecular flexibility index (Phi) is 5.69. The summed E-state index contributed by atoms with van der Waals surface area (Å²) in [6.07, 6.45) is 1.04. The van der Waals surface area contributed by atoms with E-state index in [1.54, 1.807) is 0 Å². The molecule has 122 valence electrons. The van der Waals surface area contributed by atoms with Crippen LogP contribution in [0.25, 0.3) is 0 Å². The fraction of sp³-hybridized carbons (Fsp3) is 0.611. The van der Waals surface area contributed by atoms with Crippen molar-refractivity contribution in [1.82, 2.24) is 10.2 Å². The summed E-state index contributed by atoms with van der Waals surface area (Å²) in [5, 5.41) is 3.03. The van der Waals surface area contributed by atoms with Crippen LogP contribution in [0.4, 0.5) is 10.5 Å². The lowest BCUT2D eigenvalue weighted by molar-refractivity contribution is 0.194. The molecule has 0 atom stereocenters. The number of hydrogen-bond acceptors (Lipinski definition) is 2. The Morgan fingerprint density at radius 1 is 1.18 bits per heavy atom. The zero-order valence-electron chi connectivity index (χ0n) is 14.4. The molecule has 2 rings (SSSR count). The summed E-state index contributed by atoms with van der Waals surface area (Å²) in [4.78, 5) is 16.5. The van der Waals surface area contributed by atoms with E-state index in [1.165, 1.54) is 16.8 Å². The molecular weight excluding hydrogens is 274 g/mol. The lowest BCUT2D eigenvalue weighted by atomic mass is 10.1. The number of hydrogen-bond donors (Lipinski definition) is 1. The van der Waals surface area contributed by atoms with Crippen molar-refractivity contribution in [2.75, 3.05) is 37.6 Å². The number of anilines is 1. The monoisotopic (exact) mass is 303 g/mol. The number of urea groups is 1. The molecule has 0 aliphatic carbocycles. The Balaban J connectivity index is 1.85. The molecule has 4 heteroatoms. The van der Waals surface area contributed by atoms with Crippen molar-refractivity contribution >= 4 is 11.7 Å². The van der Waals surface area contributed by atoms with Gasteiger partial charge in [-0.3, -0.25) is 0 Å². The van der Waals surface area contributed by atoms with E-state index in [4.69, 9.17) is 0 Å². The average molecular weight is 303 g/mol. The van der Waals surface area contributed by atoms with Crippen molar-refractivity contribution in [2.24, 2.45) is 5.92 Å². The maximum atomic E-state index is 12.1. The largest absolute Gasteiger partial charge is 0.368 e. The minimum atomic E-state index is 0.0845. The molecule has 1 N–H and O–H groups in total. The Bertz CT molecular complexity index is 505. The van der Waals surface area contributed by atoms with Crippen LogP contribution in [0.5, 0.6) is 0 Å². The number of benzene rings is 1. The first-order valence-corrected chi connectivity index (χ1v) is 8.32. The molecule has 2 amide bonds. The number of piperazine rings is 1. The van der Waals surface area contributed by atoms with Gasteiger partial charge >= 0.3 is 6.03 Å². The maximum Gasteiger partial charge on any atom is 0.317 e. The van der Waals surface area contributed by atoms with E-state index < -0.39 is 0 Å². The van der Waals surface area contributed by atoms with Crippen LogP contribution in [-0.4, -0.2) is 43.7 Å². The third-order valence-electron chi connectivity index (χ3n) is 4.27. The van der Waals surface area contributed by atoms with Crippen molar-refractivity contribution in [3.63, 3.8) is 0 Å². The van der Waals surface area contributed by atoms with Gasteiger partial charge in [-0.2, -0.15) is 0 Å². The van der Waals surface area contributed by atoms with E-state index in [0.29, 0.717) is 5.92 Å². The van der Waals surface area contributed by atoms with Gasteiger partial charge in [-0.25, -0.2) is 4.79 Å². The number of nitrogens with one attached hydrogen (secondary N) is 1. The molecule has 4 nitrogen and oxygen atoms in total. The second kappa shape index (κ2) is 7.52. The van der Waals surface area contributed by atoms with Gasteiger partial charge in [0.05, 0.1) is 0 Å². The Morgan fingerprint density at radius 2 is 1.86 bits per heavy atom. The quantitative estimate of drug-likeness (QED) is 0.927. The van der Waals surface area contributed by atoms with Crippen LogP contribution in [0.1, 0.15) is 31.4 Å². The summed E-state index contributed by atoms with van der Waals surface area (Å²) >= 11 is 0. The highest BCUT2D eigenvalue weighted by Gasteiger charge is 2.21. The van der Waals surface area contributed by atoms with Gasteiger partial charge in [0, 0.05) is 38.4 Å². The molecule has 0 radical (unpaired) electrons. The Morgan fingerprint density at radius 3 is 2.50 bits per heavy atom. The SMILES string of the molecule is Cc1ccc(C)c(N2CCN(C(=O)NCCC(C)C)CC2)c1. The standard InChI is InChI=1S/C18H29N3O/c1-14(2)7-8-19-18(22)21-11-9-20(10-12-21)17-13-15(3)5-6-16(17)4/h5-6,13-14H,7-12H2,1-4H3,(H,19,22). The molecule has 0 unspecified atom stereocenters. The second-order valence-electron chi connectivity index (χ2n) is 6.68. The molecule has 0 aromatic heterocycles. The fourth-order valence-corrected chi connectivity index (χ4v) is 2.79. The summed E-state index contributed by atoms with van der Waals surface area (Å²) in [6, 6.07) is 6.65. The first kappa shape index (κ1) is 16.7. The maximum absolute atomic E-state index is 12.1. The zero-order chi connectivity index (χ0) is 16.1. The molecule has 0 bridgehead atoms. The highest BCUT2D eigenvalue weighted by Crippen LogP contribution is 2.22. The number of amides is 2. The zero-order valence-corrected chi connectivity index (χ0v) is 14.4. The van der Waals surface area contributed by atoms with Crippen molar-refractivity contribution in [3.05, 3.63) is 29.3 Å². The van der Waals surface area contributed by atoms with Gasteiger partial charge in [0.15, 0.2) is 0 Å². The summed E-state index contributed by atoms with van der Waals surface area (Å²) in [6.45, 7) is 12.8. The van der Waals surface area contributed by atoms with Crippen LogP contribution in [0.2, 0.25) is 0 Å². The van der Waals surface area contributed by atoms with Crippen LogP contribution < -0.4 is 10.2 Å². The van der Waals surface area contributed by atoms with Crippen LogP contribution in [-0.2, 0) is 0 Å². The van der Waals surface area contributed by atoms with E-state index in [9.17, 15) is 4.79 Å². The van der Waals surface area contributed by atoms with Crippen LogP contribution >= 0.6 is 0 Å². The summed E-state index contributed by atoms with van der Waals surface area (Å²) in [5.41, 5.74) is 3.90. The Labute approximate surface area is 134 Å². The van der Waals surface area contributed by atoms with Crippen molar-refractivity contribution in [3.8, 4) is 0 Å². The highest BCUT2D eigenvalue weighted by molar-refractivity contribution is 5.74. The molecule has 1 heterocycles. The predicted octanol–water partition coefficient (Wildman–Crippen LogP) is 3.18. The van der Waals surface area contributed by atoms with Crippen molar-refractivity contribution in [2.45, 2.75) is 34.1 Å². The molecule has 0 saturated carbocycles. The van der Waals surface area contributed by atoms with Crippen LogP contribution in [0.15, 0.2) is 18.2 Å². The molecular formula is C18H29N3O. The molecule has 1 aliphatic heterocycles. The number of carbonyl (C=O) groups is 1. The fourth-order valence-electron chi connectivity index (χ4n) is 2.79. The molecule has 1 aromatic carbocycles. The number of aryl methyl sites for hydroxylation is 2. The van der Waals surface area contributed by atoms with E-state index >= 15 is 0 Å². The third-order valence-corrected chi connectivity index (χ3v) is 4.27. The van der Waals surface area contributed by atoms with Gasteiger partial charge in [0.1, 0.15) is 0 Å². The first-order chi connectivity index (χ1) is 10.5. The topological polar surface area (TPSA) is 35.6 Å². The normalized spacial score (nSPS) is 15.3. The summed E-state index contributed by atoms with van der Waals surface area (Å²) < 4.78 is 0. The van der Waals surface area contributed by atoms with Gasteiger partial charge < -0.3 is 15.1 Å². The van der Waals surface area contributed by atoms with E-state index in [2.05, 4.69) is 56.1 Å². The summed E-state index contributed by atoms with van der Waals surface area (Å²) in [7, 11) is 0. The highest BCUT2D eigenvalue weighted by atomic mass is 16.2. The molecule has 1 aromatic rings. The van der Waals surface area contributed by atoms with Crippen LogP contribution in [0, 0.1) is 19.8 Å². The number of nitrogens with zero attached hydrogens (tertiary/aromatic N) is 2. The average Bonchev–Trinajstić information content (AvgIpc) is 2.49. The number of rotatable bonds is 4. The summed E-state index contributed by atoms with van der Waals surface area (Å²) in [5.74, 6) is 0.626. The smallest absolute Gasteiger partial charge is 0.317 e. The molecule has 1 saturated heterocycles. The minimum absolute atomic E-state index is 0.0845. The van der Waals surface area contributed by atoms with Crippen molar-refractivity contribution in [1.29, 1.82) is 0 Å². The van der Waals surface area contributed by atoms with E-state index in [0.717, 1.165) is 39.1 Å². The van der Waals surface area contributed by atoms with Gasteiger partial charge in [-0.1, -0.05) is 26.0 Å². The lowest BCUT2D eigenvalue weighted by Crippen LogP contribution is -2.52. The van der Waals surface area contributed by atoms with Gasteiger partial charge in [0.2, 0.25) is 0 Å². The van der Waals surface area contributed by atoms with Gasteiger partial charge in [-0.05, 0) is 43.4 Å². The van der Waals surface area contributed by atoms with Gasteiger partial charge in [-0.15, -0.1) is 0 Å². The molecule has 1 fully saturated rings. The van der Waals surface area contributed by atoms with Crippen LogP contribution in [0.3, 0.4) is 0 Å². The number of carbonyl (C=O) groups excluding carboxylic acids is 1. The molecule has 0 spiro atoms. The van der Waals surface area contributed by atoms with E-state index in [-0.39, 0.29) is 6.03 Å². The second-order valence-corrected chi connectivity index (χ2v) is 6.68. The van der Waals surface area contributed by atoms with E-state index in [1.807, 2.05) is 4.90 Å². The Hall–Kier alpha value is -1.71. The minimum Gasteiger partial charge on any atom is -0.368 e. The third kappa shape index (κ3) is 4.39.